The maximum atomic E-state index is 12.6. The number of fused-ring (bicyclic) bond motifs is 1. The molecular weight excluding hydrogens is 454 g/mol. The maximum Gasteiger partial charge on any atom is 0.344 e. The van der Waals surface area contributed by atoms with Crippen LogP contribution in [-0.2, 0) is 9.53 Å². The number of pyridine rings is 1. The van der Waals surface area contributed by atoms with E-state index in [0.29, 0.717) is 36.2 Å². The van der Waals surface area contributed by atoms with Gasteiger partial charge in [0, 0.05) is 11.6 Å². The second-order valence-electron chi connectivity index (χ2n) is 10.4. The minimum atomic E-state index is -0.417. The molecule has 6 heteroatoms. The van der Waals surface area contributed by atoms with Crippen molar-refractivity contribution in [1.82, 2.24) is 4.98 Å². The molecule has 0 spiro atoms. The molecule has 3 aromatic rings. The summed E-state index contributed by atoms with van der Waals surface area (Å²) in [7, 11) is 0. The van der Waals surface area contributed by atoms with Crippen molar-refractivity contribution < 1.29 is 18.7 Å². The molecule has 3 rings (SSSR count). The lowest BCUT2D eigenvalue weighted by atomic mass is 9.85. The van der Waals surface area contributed by atoms with E-state index >= 15 is 0 Å². The Kier molecular flexibility index (Phi) is 10.1. The summed E-state index contributed by atoms with van der Waals surface area (Å²) in [6.45, 7) is 9.25. The van der Waals surface area contributed by atoms with Gasteiger partial charge < -0.3 is 13.9 Å². The summed E-state index contributed by atoms with van der Waals surface area (Å²) in [5.74, 6) is 0.835. The Morgan fingerprint density at radius 1 is 1.00 bits per heavy atom. The Hall–Kier alpha value is -3.15. The zero-order valence-electron chi connectivity index (χ0n) is 22.0. The molecule has 36 heavy (non-hydrogen) atoms. The average Bonchev–Trinajstić information content (AvgIpc) is 2.86. The second-order valence-corrected chi connectivity index (χ2v) is 10.4. The van der Waals surface area contributed by atoms with E-state index in [-0.39, 0.29) is 5.97 Å². The Bertz CT molecular complexity index is 1170. The van der Waals surface area contributed by atoms with Crippen LogP contribution in [0.3, 0.4) is 0 Å². The van der Waals surface area contributed by atoms with Crippen LogP contribution in [0.25, 0.3) is 22.1 Å². The third kappa shape index (κ3) is 7.94. The summed E-state index contributed by atoms with van der Waals surface area (Å²) in [5.41, 5.74) is 0.887. The molecule has 0 saturated heterocycles. The molecule has 0 N–H and O–H groups in total. The number of ether oxygens (including phenoxy) is 2. The van der Waals surface area contributed by atoms with E-state index in [4.69, 9.17) is 13.9 Å². The molecule has 194 valence electrons. The first-order chi connectivity index (χ1) is 17.3. The number of carbonyl (C=O) groups is 1. The van der Waals surface area contributed by atoms with Crippen LogP contribution in [0.4, 0.5) is 0 Å². The Morgan fingerprint density at radius 3 is 2.42 bits per heavy atom. The monoisotopic (exact) mass is 493 g/mol. The van der Waals surface area contributed by atoms with E-state index < -0.39 is 11.0 Å². The van der Waals surface area contributed by atoms with Crippen molar-refractivity contribution in [2.75, 3.05) is 13.2 Å². The van der Waals surface area contributed by atoms with Gasteiger partial charge in [-0.15, -0.1) is 0 Å². The quantitative estimate of drug-likeness (QED) is 0.175. The Balaban J connectivity index is 1.38. The molecule has 0 amide bonds. The summed E-state index contributed by atoms with van der Waals surface area (Å²) < 4.78 is 16.9. The zero-order valence-corrected chi connectivity index (χ0v) is 22.0. The van der Waals surface area contributed by atoms with Gasteiger partial charge in [-0.25, -0.2) is 9.78 Å². The highest BCUT2D eigenvalue weighted by molar-refractivity contribution is 5.84. The molecule has 0 saturated carbocycles. The Morgan fingerprint density at radius 2 is 1.69 bits per heavy atom. The summed E-state index contributed by atoms with van der Waals surface area (Å²) in [6, 6.07) is 13.1. The minimum absolute atomic E-state index is 0.0957. The summed E-state index contributed by atoms with van der Waals surface area (Å²) in [6.07, 6.45) is 8.32. The molecule has 6 nitrogen and oxygen atoms in total. The number of rotatable bonds is 14. The van der Waals surface area contributed by atoms with Gasteiger partial charge in [-0.1, -0.05) is 63.4 Å². The SMILES string of the molecule is CC(C)CCC(C)(C)C(=O)OCCCCCCCOc1nccc2cc(-c3ccccc3)c(=O)oc12. The largest absolute Gasteiger partial charge is 0.475 e. The second kappa shape index (κ2) is 13.2. The minimum Gasteiger partial charge on any atom is -0.475 e. The van der Waals surface area contributed by atoms with Gasteiger partial charge in [-0.05, 0) is 63.1 Å². The van der Waals surface area contributed by atoms with E-state index in [1.807, 2.05) is 56.3 Å². The molecule has 0 aliphatic rings. The van der Waals surface area contributed by atoms with E-state index in [0.717, 1.165) is 55.9 Å². The number of hydrogen-bond acceptors (Lipinski definition) is 6. The van der Waals surface area contributed by atoms with Crippen LogP contribution >= 0.6 is 0 Å². The fraction of sp³-hybridized carbons (Fsp3) is 0.500. The van der Waals surface area contributed by atoms with Gasteiger partial charge in [0.15, 0.2) is 5.58 Å². The predicted octanol–water partition coefficient (Wildman–Crippen LogP) is 7.19. The number of unbranched alkanes of at least 4 members (excludes halogenated alkanes) is 4. The van der Waals surface area contributed by atoms with Crippen LogP contribution in [0.5, 0.6) is 5.88 Å². The molecule has 2 aromatic heterocycles. The van der Waals surface area contributed by atoms with Gasteiger partial charge in [-0.3, -0.25) is 4.79 Å². The lowest BCUT2D eigenvalue weighted by Crippen LogP contribution is -2.27. The number of benzene rings is 1. The highest BCUT2D eigenvalue weighted by atomic mass is 16.5. The average molecular weight is 494 g/mol. The molecule has 0 aliphatic carbocycles. The summed E-state index contributed by atoms with van der Waals surface area (Å²) in [5, 5.41) is 0.778. The smallest absolute Gasteiger partial charge is 0.344 e. The summed E-state index contributed by atoms with van der Waals surface area (Å²) >= 11 is 0. The van der Waals surface area contributed by atoms with Gasteiger partial charge in [0.05, 0.1) is 24.2 Å². The fourth-order valence-electron chi connectivity index (χ4n) is 3.96. The van der Waals surface area contributed by atoms with E-state index in [9.17, 15) is 9.59 Å². The first-order valence-electron chi connectivity index (χ1n) is 13.1. The molecule has 0 unspecified atom stereocenters. The standard InChI is InChI=1S/C30H39NO5/c1-22(2)15-17-30(3,4)29(33)35-20-12-7-5-6-11-19-34-27-26-24(16-18-31-27)21-25(28(32)36-26)23-13-9-8-10-14-23/h8-10,13-14,16,18,21-22H,5-7,11-12,15,17,19-20H2,1-4H3. The van der Waals surface area contributed by atoms with Crippen LogP contribution in [-0.4, -0.2) is 24.2 Å². The topological polar surface area (TPSA) is 78.6 Å². The normalized spacial score (nSPS) is 11.7. The first-order valence-corrected chi connectivity index (χ1v) is 13.1. The third-order valence-electron chi connectivity index (χ3n) is 6.36. The van der Waals surface area contributed by atoms with Gasteiger partial charge in [0.25, 0.3) is 5.88 Å². The number of aromatic nitrogens is 1. The van der Waals surface area contributed by atoms with Gasteiger partial charge >= 0.3 is 11.6 Å². The van der Waals surface area contributed by atoms with Crippen molar-refractivity contribution in [2.24, 2.45) is 11.3 Å². The van der Waals surface area contributed by atoms with Crippen LogP contribution < -0.4 is 10.4 Å². The van der Waals surface area contributed by atoms with Crippen molar-refractivity contribution in [3.05, 3.63) is 59.1 Å². The third-order valence-corrected chi connectivity index (χ3v) is 6.36. The van der Waals surface area contributed by atoms with Crippen molar-refractivity contribution >= 4 is 16.9 Å². The molecule has 1 aromatic carbocycles. The van der Waals surface area contributed by atoms with Crippen LogP contribution in [0.2, 0.25) is 0 Å². The van der Waals surface area contributed by atoms with Gasteiger partial charge in [0.1, 0.15) is 0 Å². The van der Waals surface area contributed by atoms with Crippen LogP contribution in [0.15, 0.2) is 57.9 Å². The number of nitrogens with zero attached hydrogens (tertiary/aromatic N) is 1. The summed E-state index contributed by atoms with van der Waals surface area (Å²) in [4.78, 5) is 29.1. The van der Waals surface area contributed by atoms with Crippen molar-refractivity contribution in [1.29, 1.82) is 0 Å². The van der Waals surface area contributed by atoms with E-state index in [1.54, 1.807) is 6.20 Å². The molecule has 2 heterocycles. The van der Waals surface area contributed by atoms with Gasteiger partial charge in [0.2, 0.25) is 0 Å². The lowest BCUT2D eigenvalue weighted by Gasteiger charge is -2.23. The van der Waals surface area contributed by atoms with Crippen molar-refractivity contribution in [2.45, 2.75) is 72.6 Å². The molecule has 0 bridgehead atoms. The highest BCUT2D eigenvalue weighted by Gasteiger charge is 2.29. The molecule has 0 atom stereocenters. The Labute approximate surface area is 214 Å². The van der Waals surface area contributed by atoms with Crippen LogP contribution in [0.1, 0.15) is 72.6 Å². The van der Waals surface area contributed by atoms with Crippen LogP contribution in [0, 0.1) is 11.3 Å². The predicted molar refractivity (Wildman–Crippen MR) is 143 cm³/mol. The fourth-order valence-corrected chi connectivity index (χ4v) is 3.96. The maximum absolute atomic E-state index is 12.6. The molecular formula is C30H39NO5. The molecule has 0 aliphatic heterocycles. The molecule has 0 fully saturated rings. The number of hydrogen-bond donors (Lipinski definition) is 0. The zero-order chi connectivity index (χ0) is 26.0. The van der Waals surface area contributed by atoms with E-state index in [1.165, 1.54) is 0 Å². The number of esters is 1. The van der Waals surface area contributed by atoms with Crippen molar-refractivity contribution in [3.8, 4) is 17.0 Å². The number of carbonyl (C=O) groups excluding carboxylic acids is 1. The van der Waals surface area contributed by atoms with Gasteiger partial charge in [-0.2, -0.15) is 0 Å². The van der Waals surface area contributed by atoms with Crippen molar-refractivity contribution in [3.63, 3.8) is 0 Å². The highest BCUT2D eigenvalue weighted by Crippen LogP contribution is 2.27. The lowest BCUT2D eigenvalue weighted by molar-refractivity contribution is -0.154. The first kappa shape index (κ1) is 27.4. The van der Waals surface area contributed by atoms with E-state index in [2.05, 4.69) is 18.8 Å². The molecule has 0 radical (unpaired) electrons.